The largest absolute Gasteiger partial charge is 0.473 e. The SMILES string of the molecule is COCC(C)(C)NCC(O)COc1cnsn1. The van der Waals surface area contributed by atoms with Gasteiger partial charge in [-0.3, -0.25) is 0 Å². The molecule has 6 nitrogen and oxygen atoms in total. The molecule has 17 heavy (non-hydrogen) atoms. The average Bonchev–Trinajstić information content (AvgIpc) is 2.76. The summed E-state index contributed by atoms with van der Waals surface area (Å²) >= 11 is 1.08. The third-order valence-electron chi connectivity index (χ3n) is 2.09. The Bertz CT molecular complexity index is 306. The van der Waals surface area contributed by atoms with Crippen molar-refractivity contribution in [3.8, 4) is 5.88 Å². The molecule has 0 saturated carbocycles. The zero-order valence-electron chi connectivity index (χ0n) is 10.3. The monoisotopic (exact) mass is 261 g/mol. The van der Waals surface area contributed by atoms with Gasteiger partial charge in [0.05, 0.1) is 18.3 Å². The van der Waals surface area contributed by atoms with Crippen LogP contribution in [-0.4, -0.2) is 52.4 Å². The third kappa shape index (κ3) is 5.92. The number of nitrogens with zero attached hydrogens (tertiary/aromatic N) is 2. The minimum absolute atomic E-state index is 0.169. The van der Waals surface area contributed by atoms with Crippen LogP contribution in [0.15, 0.2) is 6.20 Å². The predicted octanol–water partition coefficient (Wildman–Crippen LogP) is 0.292. The van der Waals surface area contributed by atoms with Gasteiger partial charge in [0.25, 0.3) is 0 Å². The van der Waals surface area contributed by atoms with Gasteiger partial charge in [-0.15, -0.1) is 4.37 Å². The fourth-order valence-electron chi connectivity index (χ4n) is 1.27. The molecular weight excluding hydrogens is 242 g/mol. The molecule has 0 spiro atoms. The highest BCUT2D eigenvalue weighted by Crippen LogP contribution is 2.06. The lowest BCUT2D eigenvalue weighted by Crippen LogP contribution is -2.47. The van der Waals surface area contributed by atoms with Gasteiger partial charge in [-0.25, -0.2) is 0 Å². The Kier molecular flexibility index (Phi) is 5.76. The van der Waals surface area contributed by atoms with Crippen molar-refractivity contribution in [3.63, 3.8) is 0 Å². The number of aliphatic hydroxyl groups is 1. The molecule has 2 N–H and O–H groups in total. The van der Waals surface area contributed by atoms with Crippen LogP contribution in [0.25, 0.3) is 0 Å². The van der Waals surface area contributed by atoms with Crippen LogP contribution in [0.3, 0.4) is 0 Å². The van der Waals surface area contributed by atoms with Crippen molar-refractivity contribution in [2.75, 3.05) is 26.9 Å². The van der Waals surface area contributed by atoms with Gasteiger partial charge >= 0.3 is 0 Å². The van der Waals surface area contributed by atoms with Crippen LogP contribution in [0.4, 0.5) is 0 Å². The van der Waals surface area contributed by atoms with E-state index in [1.165, 1.54) is 6.20 Å². The number of rotatable bonds is 8. The molecule has 1 unspecified atom stereocenters. The Labute approximate surface area is 105 Å². The van der Waals surface area contributed by atoms with Crippen LogP contribution >= 0.6 is 11.7 Å². The molecule has 1 rings (SSSR count). The van der Waals surface area contributed by atoms with Gasteiger partial charge in [0, 0.05) is 19.2 Å². The normalized spacial score (nSPS) is 13.6. The zero-order chi connectivity index (χ0) is 12.7. The van der Waals surface area contributed by atoms with Crippen molar-refractivity contribution in [2.24, 2.45) is 0 Å². The van der Waals surface area contributed by atoms with Crippen LogP contribution in [0, 0.1) is 0 Å². The van der Waals surface area contributed by atoms with Crippen molar-refractivity contribution < 1.29 is 14.6 Å². The van der Waals surface area contributed by atoms with Crippen molar-refractivity contribution in [3.05, 3.63) is 6.20 Å². The third-order valence-corrected chi connectivity index (χ3v) is 2.55. The summed E-state index contributed by atoms with van der Waals surface area (Å²) in [4.78, 5) is 0. The highest BCUT2D eigenvalue weighted by molar-refractivity contribution is 6.99. The van der Waals surface area contributed by atoms with E-state index in [9.17, 15) is 5.11 Å². The second-order valence-electron chi connectivity index (χ2n) is 4.41. The molecule has 0 fully saturated rings. The van der Waals surface area contributed by atoms with E-state index < -0.39 is 6.10 Å². The molecule has 0 aliphatic carbocycles. The summed E-state index contributed by atoms with van der Waals surface area (Å²) in [7, 11) is 1.65. The first-order valence-electron chi connectivity index (χ1n) is 5.36. The summed E-state index contributed by atoms with van der Waals surface area (Å²) in [5.41, 5.74) is -0.169. The Balaban J connectivity index is 2.18. The molecule has 0 saturated heterocycles. The highest BCUT2D eigenvalue weighted by Gasteiger charge is 2.18. The summed E-state index contributed by atoms with van der Waals surface area (Å²) in [5.74, 6) is 0.449. The highest BCUT2D eigenvalue weighted by atomic mass is 32.1. The van der Waals surface area contributed by atoms with Crippen molar-refractivity contribution in [1.82, 2.24) is 14.1 Å². The van der Waals surface area contributed by atoms with Crippen LogP contribution in [-0.2, 0) is 4.74 Å². The first-order chi connectivity index (χ1) is 8.03. The van der Waals surface area contributed by atoms with Crippen LogP contribution in [0.2, 0.25) is 0 Å². The Morgan fingerprint density at radius 2 is 2.35 bits per heavy atom. The second-order valence-corrected chi connectivity index (χ2v) is 4.96. The number of nitrogens with one attached hydrogen (secondary N) is 1. The summed E-state index contributed by atoms with van der Waals surface area (Å²) in [5, 5.41) is 12.9. The summed E-state index contributed by atoms with van der Waals surface area (Å²) in [6.07, 6.45) is 0.937. The smallest absolute Gasteiger partial charge is 0.245 e. The van der Waals surface area contributed by atoms with Crippen molar-refractivity contribution in [1.29, 1.82) is 0 Å². The lowest BCUT2D eigenvalue weighted by molar-refractivity contribution is 0.0802. The molecule has 7 heteroatoms. The molecule has 1 aromatic heterocycles. The van der Waals surface area contributed by atoms with Gasteiger partial charge in [-0.2, -0.15) is 4.37 Å². The molecule has 1 atom stereocenters. The molecule has 0 radical (unpaired) electrons. The molecule has 1 aromatic rings. The molecule has 0 aliphatic rings. The number of methoxy groups -OCH3 is 1. The maximum atomic E-state index is 9.71. The second kappa shape index (κ2) is 6.85. The van der Waals surface area contributed by atoms with Gasteiger partial charge < -0.3 is 19.9 Å². The van der Waals surface area contributed by atoms with E-state index in [4.69, 9.17) is 9.47 Å². The van der Waals surface area contributed by atoms with Crippen molar-refractivity contribution in [2.45, 2.75) is 25.5 Å². The quantitative estimate of drug-likeness (QED) is 0.700. The molecule has 0 bridgehead atoms. The lowest BCUT2D eigenvalue weighted by atomic mass is 10.1. The van der Waals surface area contributed by atoms with Gasteiger partial charge in [0.15, 0.2) is 0 Å². The first-order valence-corrected chi connectivity index (χ1v) is 6.09. The maximum Gasteiger partial charge on any atom is 0.245 e. The molecule has 0 aromatic carbocycles. The van der Waals surface area contributed by atoms with Gasteiger partial charge in [-0.05, 0) is 13.8 Å². The number of ether oxygens (including phenoxy) is 2. The van der Waals surface area contributed by atoms with Crippen LogP contribution < -0.4 is 10.1 Å². The van der Waals surface area contributed by atoms with E-state index in [0.717, 1.165) is 11.7 Å². The van der Waals surface area contributed by atoms with E-state index >= 15 is 0 Å². The van der Waals surface area contributed by atoms with E-state index in [2.05, 4.69) is 14.1 Å². The minimum atomic E-state index is -0.590. The molecule has 98 valence electrons. The van der Waals surface area contributed by atoms with E-state index in [0.29, 0.717) is 19.0 Å². The summed E-state index contributed by atoms with van der Waals surface area (Å²) < 4.78 is 18.0. The van der Waals surface area contributed by atoms with Crippen LogP contribution in [0.1, 0.15) is 13.8 Å². The predicted molar refractivity (Wildman–Crippen MR) is 65.4 cm³/mol. The Morgan fingerprint density at radius 1 is 1.59 bits per heavy atom. The number of hydrogen-bond donors (Lipinski definition) is 2. The average molecular weight is 261 g/mol. The first kappa shape index (κ1) is 14.3. The van der Waals surface area contributed by atoms with E-state index in [1.807, 2.05) is 13.8 Å². The van der Waals surface area contributed by atoms with Gasteiger partial charge in [0.1, 0.15) is 18.9 Å². The van der Waals surface area contributed by atoms with Crippen molar-refractivity contribution >= 4 is 11.7 Å². The minimum Gasteiger partial charge on any atom is -0.473 e. The van der Waals surface area contributed by atoms with Crippen LogP contribution in [0.5, 0.6) is 5.88 Å². The zero-order valence-corrected chi connectivity index (χ0v) is 11.2. The molecular formula is C10H19N3O3S. The lowest BCUT2D eigenvalue weighted by Gasteiger charge is -2.26. The van der Waals surface area contributed by atoms with Gasteiger partial charge in [0.2, 0.25) is 5.88 Å². The fraction of sp³-hybridized carbons (Fsp3) is 0.800. The number of hydrogen-bond acceptors (Lipinski definition) is 7. The number of β-amino-alcohol motifs (C(OH)–C–C–N with tert-alkyl or cyclic N) is 1. The van der Waals surface area contributed by atoms with E-state index in [-0.39, 0.29) is 12.1 Å². The molecule has 0 amide bonds. The Hall–Kier alpha value is -0.760. The Morgan fingerprint density at radius 3 is 2.94 bits per heavy atom. The van der Waals surface area contributed by atoms with E-state index in [1.54, 1.807) is 7.11 Å². The molecule has 0 aliphatic heterocycles. The summed E-state index contributed by atoms with van der Waals surface area (Å²) in [6, 6.07) is 0. The molecule has 1 heterocycles. The number of aliphatic hydroxyl groups excluding tert-OH is 1. The standard InChI is InChI=1S/C10H19N3O3S/c1-10(2,7-15-3)11-4-8(14)6-16-9-5-12-17-13-9/h5,8,11,14H,4,6-7H2,1-3H3. The van der Waals surface area contributed by atoms with Gasteiger partial charge in [-0.1, -0.05) is 0 Å². The fourth-order valence-corrected chi connectivity index (χ4v) is 1.63. The summed E-state index contributed by atoms with van der Waals surface area (Å²) in [6.45, 7) is 5.23. The topological polar surface area (TPSA) is 76.5 Å². The maximum absolute atomic E-state index is 9.71. The number of aromatic nitrogens is 2.